The summed E-state index contributed by atoms with van der Waals surface area (Å²) in [7, 11) is 5.07. The smallest absolute Gasteiger partial charge is 0.341 e. The summed E-state index contributed by atoms with van der Waals surface area (Å²) in [6.45, 7) is 4.57. The summed E-state index contributed by atoms with van der Waals surface area (Å²) in [6.07, 6.45) is 0. The molecular formula is C17H21FN6O2. The van der Waals surface area contributed by atoms with E-state index in [9.17, 15) is 9.59 Å². The first-order valence-electron chi connectivity index (χ1n) is 8.53. The number of aromatic nitrogens is 3. The predicted octanol–water partition coefficient (Wildman–Crippen LogP) is 0.261. The van der Waals surface area contributed by atoms with Crippen molar-refractivity contribution in [2.24, 2.45) is 7.05 Å². The Labute approximate surface area is 149 Å². The Bertz CT molecular complexity index is 1000. The van der Waals surface area contributed by atoms with Crippen LogP contribution in [-0.2, 0) is 11.8 Å². The zero-order chi connectivity index (χ0) is 18.9. The third kappa shape index (κ3) is 2.09. The Morgan fingerprint density at radius 2 is 1.81 bits per heavy atom. The van der Waals surface area contributed by atoms with Gasteiger partial charge in [-0.1, -0.05) is 0 Å². The number of halogens is 1. The van der Waals surface area contributed by atoms with E-state index in [1.165, 1.54) is 16.4 Å². The summed E-state index contributed by atoms with van der Waals surface area (Å²) in [5.41, 5.74) is 0.144. The quantitative estimate of drug-likeness (QED) is 0.671. The summed E-state index contributed by atoms with van der Waals surface area (Å²) in [6, 6.07) is -0.369. The first-order chi connectivity index (χ1) is 12.2. The van der Waals surface area contributed by atoms with Gasteiger partial charge in [0.05, 0.1) is 16.8 Å². The second kappa shape index (κ2) is 5.47. The molecule has 138 valence electrons. The van der Waals surface area contributed by atoms with Crippen molar-refractivity contribution in [2.75, 3.05) is 37.0 Å². The average molecular weight is 360 g/mol. The van der Waals surface area contributed by atoms with E-state index in [2.05, 4.69) is 14.9 Å². The molecule has 2 atom stereocenters. The van der Waals surface area contributed by atoms with Gasteiger partial charge < -0.3 is 9.80 Å². The molecule has 0 aromatic carbocycles. The van der Waals surface area contributed by atoms with Crippen LogP contribution in [0.4, 0.5) is 15.9 Å². The maximum Gasteiger partial charge on any atom is 0.350 e. The minimum atomic E-state index is -0.559. The number of carbonyl (C=O) groups excluding carboxylic acids is 1. The molecule has 1 amide bonds. The number of anilines is 2. The molecule has 0 N–H and O–H groups in total. The first-order valence-corrected chi connectivity index (χ1v) is 8.53. The van der Waals surface area contributed by atoms with Gasteiger partial charge in [0.1, 0.15) is 17.5 Å². The highest BCUT2D eigenvalue weighted by molar-refractivity contribution is 6.11. The van der Waals surface area contributed by atoms with Gasteiger partial charge in [0.15, 0.2) is 5.82 Å². The third-order valence-electron chi connectivity index (χ3n) is 5.56. The van der Waals surface area contributed by atoms with Crippen molar-refractivity contribution in [2.45, 2.75) is 25.9 Å². The van der Waals surface area contributed by atoms with E-state index in [0.29, 0.717) is 29.9 Å². The van der Waals surface area contributed by atoms with Gasteiger partial charge in [-0.05, 0) is 20.9 Å². The van der Waals surface area contributed by atoms with Crippen LogP contribution in [0.25, 0.3) is 11.0 Å². The topological polar surface area (TPSA) is 74.6 Å². The molecule has 9 heteroatoms. The highest BCUT2D eigenvalue weighted by Gasteiger charge is 2.42. The number of hydrogen-bond donors (Lipinski definition) is 0. The number of amides is 1. The molecule has 2 aliphatic heterocycles. The molecule has 2 aromatic rings. The molecule has 1 fully saturated rings. The fraction of sp³-hybridized carbons (Fsp3) is 0.529. The van der Waals surface area contributed by atoms with Crippen LogP contribution in [0.5, 0.6) is 0 Å². The maximum atomic E-state index is 15.0. The monoisotopic (exact) mass is 360 g/mol. The predicted molar refractivity (Wildman–Crippen MR) is 96.1 cm³/mol. The Morgan fingerprint density at radius 1 is 1.12 bits per heavy atom. The second-order valence-electron chi connectivity index (χ2n) is 7.19. The normalized spacial score (nSPS) is 23.4. The number of nitrogens with zero attached hydrogens (tertiary/aromatic N) is 6. The van der Waals surface area contributed by atoms with Crippen molar-refractivity contribution in [1.29, 1.82) is 0 Å². The number of hydrogen-bond acceptors (Lipinski definition) is 6. The fourth-order valence-corrected chi connectivity index (χ4v) is 3.82. The lowest BCUT2D eigenvalue weighted by Gasteiger charge is -2.43. The number of fused-ring (bicyclic) bond motifs is 2. The van der Waals surface area contributed by atoms with Gasteiger partial charge in [0.2, 0.25) is 0 Å². The summed E-state index contributed by atoms with van der Waals surface area (Å²) in [4.78, 5) is 39.3. The van der Waals surface area contributed by atoms with Crippen molar-refractivity contribution in [3.05, 3.63) is 22.0 Å². The summed E-state index contributed by atoms with van der Waals surface area (Å²) in [5.74, 6) is -0.439. The molecule has 2 unspecified atom stereocenters. The molecular weight excluding hydrogens is 339 g/mol. The van der Waals surface area contributed by atoms with Gasteiger partial charge in [-0.3, -0.25) is 14.3 Å². The van der Waals surface area contributed by atoms with Crippen LogP contribution < -0.4 is 15.5 Å². The van der Waals surface area contributed by atoms with E-state index in [1.807, 2.05) is 18.9 Å². The van der Waals surface area contributed by atoms with E-state index in [4.69, 9.17) is 0 Å². The molecule has 2 aliphatic rings. The van der Waals surface area contributed by atoms with Crippen LogP contribution in [0.3, 0.4) is 0 Å². The number of likely N-dealkylation sites (N-methyl/N-ethyl adjacent to an activating group) is 2. The average Bonchev–Trinajstić information content (AvgIpc) is 2.67. The van der Waals surface area contributed by atoms with E-state index in [-0.39, 0.29) is 23.3 Å². The van der Waals surface area contributed by atoms with Gasteiger partial charge in [0, 0.05) is 33.2 Å². The van der Waals surface area contributed by atoms with E-state index >= 15 is 4.39 Å². The lowest BCUT2D eigenvalue weighted by atomic mass is 10.1. The maximum absolute atomic E-state index is 15.0. The second-order valence-corrected chi connectivity index (χ2v) is 7.19. The Morgan fingerprint density at radius 3 is 2.50 bits per heavy atom. The molecule has 0 saturated carbocycles. The molecule has 26 heavy (non-hydrogen) atoms. The minimum Gasteiger partial charge on any atom is -0.341 e. The summed E-state index contributed by atoms with van der Waals surface area (Å²) < 4.78 is 16.3. The lowest BCUT2D eigenvalue weighted by molar-refractivity contribution is -0.120. The van der Waals surface area contributed by atoms with Crippen molar-refractivity contribution in [1.82, 2.24) is 19.4 Å². The standard InChI is InChI=1S/C17H21FN6O2/c1-8-6-24-10(7-21(8)3)16(25)22(4)13-11-14(19-9(2)12(13)18)23(5)17(26)20-15(11)24/h8,10H,6-7H2,1-5H3. The Kier molecular flexibility index (Phi) is 3.56. The molecule has 8 nitrogen and oxygen atoms in total. The van der Waals surface area contributed by atoms with Crippen molar-refractivity contribution in [3.63, 3.8) is 0 Å². The molecule has 1 saturated heterocycles. The van der Waals surface area contributed by atoms with E-state index < -0.39 is 17.5 Å². The van der Waals surface area contributed by atoms with Gasteiger partial charge in [-0.2, -0.15) is 4.98 Å². The van der Waals surface area contributed by atoms with Crippen LogP contribution >= 0.6 is 0 Å². The van der Waals surface area contributed by atoms with Gasteiger partial charge in [0.25, 0.3) is 5.91 Å². The number of aryl methyl sites for hydroxylation is 2. The fourth-order valence-electron chi connectivity index (χ4n) is 3.82. The molecule has 2 aromatic heterocycles. The molecule has 0 radical (unpaired) electrons. The van der Waals surface area contributed by atoms with Gasteiger partial charge in [-0.25, -0.2) is 14.2 Å². The number of piperazine rings is 1. The summed E-state index contributed by atoms with van der Waals surface area (Å²) in [5, 5.41) is 0.408. The minimum absolute atomic E-state index is 0.139. The highest BCUT2D eigenvalue weighted by atomic mass is 19.1. The van der Waals surface area contributed by atoms with Crippen LogP contribution in [0.15, 0.2) is 4.79 Å². The van der Waals surface area contributed by atoms with Crippen LogP contribution in [-0.4, -0.2) is 64.6 Å². The van der Waals surface area contributed by atoms with Gasteiger partial charge in [-0.15, -0.1) is 0 Å². The van der Waals surface area contributed by atoms with E-state index in [0.717, 1.165) is 0 Å². The largest absolute Gasteiger partial charge is 0.350 e. The molecule has 4 heterocycles. The van der Waals surface area contributed by atoms with Crippen LogP contribution in [0, 0.1) is 12.7 Å². The Balaban J connectivity index is 2.14. The van der Waals surface area contributed by atoms with Crippen LogP contribution in [0.2, 0.25) is 0 Å². The van der Waals surface area contributed by atoms with Crippen LogP contribution in [0.1, 0.15) is 12.6 Å². The first kappa shape index (κ1) is 16.9. The van der Waals surface area contributed by atoms with Crippen molar-refractivity contribution >= 4 is 28.4 Å². The Hall–Kier alpha value is -2.55. The highest BCUT2D eigenvalue weighted by Crippen LogP contribution is 2.39. The SMILES string of the molecule is Cc1nc2c3c(nc(=O)n2C)N2CC(C)N(C)CC2C(=O)N(C)c3c1F. The number of rotatable bonds is 0. The van der Waals surface area contributed by atoms with Crippen molar-refractivity contribution in [3.8, 4) is 0 Å². The summed E-state index contributed by atoms with van der Waals surface area (Å²) >= 11 is 0. The molecule has 4 rings (SSSR count). The number of carbonyl (C=O) groups is 1. The molecule has 0 bridgehead atoms. The molecule has 0 spiro atoms. The number of pyridine rings is 1. The van der Waals surface area contributed by atoms with Gasteiger partial charge >= 0.3 is 5.69 Å². The molecule has 0 aliphatic carbocycles. The van der Waals surface area contributed by atoms with Crippen molar-refractivity contribution < 1.29 is 9.18 Å². The third-order valence-corrected chi connectivity index (χ3v) is 5.56. The lowest BCUT2D eigenvalue weighted by Crippen LogP contribution is -2.61. The zero-order valence-electron chi connectivity index (χ0n) is 15.4. The van der Waals surface area contributed by atoms with E-state index in [1.54, 1.807) is 14.1 Å². The zero-order valence-corrected chi connectivity index (χ0v) is 15.4.